The van der Waals surface area contributed by atoms with Gasteiger partial charge >= 0.3 is 12.7 Å². The Morgan fingerprint density at radius 3 is 2.35 bits per heavy atom. The molecule has 3 aliphatic rings. The average molecular weight is 750 g/mol. The summed E-state index contributed by atoms with van der Waals surface area (Å²) in [7, 11) is -3.94. The molecule has 17 heteroatoms. The maximum absolute atomic E-state index is 14.4. The van der Waals surface area contributed by atoms with Crippen LogP contribution >= 0.6 is 0 Å². The normalized spacial score (nSPS) is 23.8. The lowest BCUT2D eigenvalue weighted by molar-refractivity contribution is -0.143. The summed E-state index contributed by atoms with van der Waals surface area (Å²) in [5.74, 6) is -2.95. The fourth-order valence-corrected chi connectivity index (χ4v) is 7.60. The standard InChI is InChI=1S/C35H45F2N5O9S/c1-8-19-17-35(19,30(45)41-52(47,48)21-12-13-21)40-27(43)24-16-20(49-28-23-10-9-11-25(50-31(36)37)22(23)14-15-38-28)18-42(24)29(44)26(33(2,3)4)39-32(46)51-34(5,6)7/h8-11,14-15,19-21,24,26,31H,1,12-13,16-18H2,2-7H3,(H,39,46)(H,40,43)(H,41,45)/t19-,20-,24+,26-,35-/m1/s1. The van der Waals surface area contributed by atoms with E-state index in [9.17, 15) is 36.4 Å². The zero-order valence-electron chi connectivity index (χ0n) is 29.9. The van der Waals surface area contributed by atoms with Crippen LogP contribution < -0.4 is 24.8 Å². The summed E-state index contributed by atoms with van der Waals surface area (Å²) in [6, 6.07) is 3.49. The van der Waals surface area contributed by atoms with E-state index in [4.69, 9.17) is 9.47 Å². The fraction of sp³-hybridized carbons (Fsp3) is 0.571. The van der Waals surface area contributed by atoms with Gasteiger partial charge in [-0.25, -0.2) is 18.2 Å². The number of carbonyl (C=O) groups is 4. The number of pyridine rings is 1. The Kier molecular flexibility index (Phi) is 10.5. The smallest absolute Gasteiger partial charge is 0.408 e. The van der Waals surface area contributed by atoms with Crippen LogP contribution in [0.15, 0.2) is 43.1 Å². The third-order valence-corrected chi connectivity index (χ3v) is 10.9. The molecule has 1 saturated heterocycles. The number of likely N-dealkylation sites (tertiary alicyclic amines) is 1. The molecule has 0 radical (unpaired) electrons. The van der Waals surface area contributed by atoms with E-state index < -0.39 is 86.4 Å². The van der Waals surface area contributed by atoms with Gasteiger partial charge in [-0.2, -0.15) is 8.78 Å². The Hall–Kier alpha value is -4.54. The first-order valence-corrected chi connectivity index (χ1v) is 18.5. The van der Waals surface area contributed by atoms with Crippen LogP contribution in [0.3, 0.4) is 0 Å². The molecule has 1 aromatic carbocycles. The molecule has 5 atom stereocenters. The molecule has 2 saturated carbocycles. The van der Waals surface area contributed by atoms with E-state index >= 15 is 0 Å². The molecular formula is C35H45F2N5O9S. The van der Waals surface area contributed by atoms with Crippen LogP contribution in [-0.4, -0.2) is 89.9 Å². The number of alkyl halides is 2. The number of hydrogen-bond acceptors (Lipinski definition) is 10. The van der Waals surface area contributed by atoms with Crippen molar-refractivity contribution in [1.82, 2.24) is 25.2 Å². The molecular weight excluding hydrogens is 704 g/mol. The Morgan fingerprint density at radius 2 is 1.77 bits per heavy atom. The third-order valence-electron chi connectivity index (χ3n) is 9.10. The number of alkyl carbamates (subject to hydrolysis) is 1. The van der Waals surface area contributed by atoms with E-state index in [0.717, 1.165) is 0 Å². The summed E-state index contributed by atoms with van der Waals surface area (Å²) >= 11 is 0. The van der Waals surface area contributed by atoms with Gasteiger partial charge in [-0.15, -0.1) is 6.58 Å². The fourth-order valence-electron chi connectivity index (χ4n) is 6.24. The number of sulfonamides is 1. The number of amides is 4. The summed E-state index contributed by atoms with van der Waals surface area (Å²) in [6.07, 6.45) is 1.89. The van der Waals surface area contributed by atoms with E-state index in [2.05, 4.69) is 31.7 Å². The molecule has 2 aliphatic carbocycles. The second-order valence-corrected chi connectivity index (χ2v) is 17.4. The molecule has 1 aromatic heterocycles. The van der Waals surface area contributed by atoms with Gasteiger partial charge in [-0.05, 0) is 63.6 Å². The van der Waals surface area contributed by atoms with Crippen molar-refractivity contribution >= 4 is 44.6 Å². The lowest BCUT2D eigenvalue weighted by atomic mass is 9.85. The van der Waals surface area contributed by atoms with E-state index in [-0.39, 0.29) is 31.0 Å². The van der Waals surface area contributed by atoms with Crippen molar-refractivity contribution in [3.8, 4) is 11.6 Å². The number of halogens is 2. The number of nitrogens with zero attached hydrogens (tertiary/aromatic N) is 2. The van der Waals surface area contributed by atoms with Crippen LogP contribution in [0.25, 0.3) is 10.8 Å². The van der Waals surface area contributed by atoms with Crippen molar-refractivity contribution in [2.24, 2.45) is 11.3 Å². The molecule has 14 nitrogen and oxygen atoms in total. The van der Waals surface area contributed by atoms with E-state index in [0.29, 0.717) is 23.6 Å². The van der Waals surface area contributed by atoms with Crippen molar-refractivity contribution in [3.63, 3.8) is 0 Å². The minimum Gasteiger partial charge on any atom is -0.472 e. The van der Waals surface area contributed by atoms with Crippen LogP contribution in [0.5, 0.6) is 11.6 Å². The molecule has 284 valence electrons. The van der Waals surface area contributed by atoms with Crippen molar-refractivity contribution in [2.45, 2.75) is 108 Å². The lowest BCUT2D eigenvalue weighted by Gasteiger charge is -2.36. The first-order valence-electron chi connectivity index (χ1n) is 16.9. The van der Waals surface area contributed by atoms with Gasteiger partial charge in [-0.3, -0.25) is 19.1 Å². The zero-order valence-corrected chi connectivity index (χ0v) is 30.7. The number of rotatable bonds is 12. The van der Waals surface area contributed by atoms with Crippen LogP contribution in [0, 0.1) is 11.3 Å². The maximum atomic E-state index is 14.4. The molecule has 2 aromatic rings. The van der Waals surface area contributed by atoms with Crippen LogP contribution in [0.4, 0.5) is 13.6 Å². The number of nitrogens with one attached hydrogen (secondary N) is 3. The molecule has 5 rings (SSSR count). The summed E-state index contributed by atoms with van der Waals surface area (Å²) in [5, 5.41) is 5.30. The quantitative estimate of drug-likeness (QED) is 0.270. The molecule has 3 N–H and O–H groups in total. The number of benzene rings is 1. The van der Waals surface area contributed by atoms with E-state index in [1.165, 1.54) is 35.4 Å². The highest BCUT2D eigenvalue weighted by atomic mass is 32.2. The monoisotopic (exact) mass is 749 g/mol. The molecule has 52 heavy (non-hydrogen) atoms. The molecule has 4 amide bonds. The van der Waals surface area contributed by atoms with E-state index in [1.807, 2.05) is 0 Å². The molecule has 0 bridgehead atoms. The lowest BCUT2D eigenvalue weighted by Crippen LogP contribution is -2.60. The second-order valence-electron chi connectivity index (χ2n) is 15.5. The van der Waals surface area contributed by atoms with E-state index in [1.54, 1.807) is 47.6 Å². The van der Waals surface area contributed by atoms with Crippen molar-refractivity contribution in [3.05, 3.63) is 43.1 Å². The van der Waals surface area contributed by atoms with Crippen LogP contribution in [0.1, 0.15) is 67.2 Å². The van der Waals surface area contributed by atoms with Crippen molar-refractivity contribution < 1.29 is 50.6 Å². The van der Waals surface area contributed by atoms with Gasteiger partial charge in [-0.1, -0.05) is 32.9 Å². The summed E-state index contributed by atoms with van der Waals surface area (Å²) in [6.45, 7) is 10.7. The summed E-state index contributed by atoms with van der Waals surface area (Å²) < 4.78 is 70.0. The zero-order chi connectivity index (χ0) is 38.4. The molecule has 3 fully saturated rings. The minimum atomic E-state index is -3.94. The average Bonchev–Trinajstić information content (AvgIpc) is 3.95. The molecule has 1 aliphatic heterocycles. The van der Waals surface area contributed by atoms with Crippen molar-refractivity contribution in [1.29, 1.82) is 0 Å². The number of hydrogen-bond donors (Lipinski definition) is 3. The number of carbonyl (C=O) groups excluding carboxylic acids is 4. The van der Waals surface area contributed by atoms with Gasteiger partial charge in [0.2, 0.25) is 27.7 Å². The van der Waals surface area contributed by atoms with Gasteiger partial charge in [0.05, 0.1) is 11.8 Å². The first kappa shape index (κ1) is 38.7. The Bertz CT molecular complexity index is 1860. The van der Waals surface area contributed by atoms with Gasteiger partial charge in [0.15, 0.2) is 0 Å². The second kappa shape index (κ2) is 14.1. The number of ether oxygens (including phenoxy) is 3. The highest BCUT2D eigenvalue weighted by molar-refractivity contribution is 7.91. The van der Waals surface area contributed by atoms with Gasteiger partial charge < -0.3 is 29.7 Å². The molecule has 0 unspecified atom stereocenters. The topological polar surface area (TPSA) is 182 Å². The number of aromatic nitrogens is 1. The first-order chi connectivity index (χ1) is 24.1. The SMILES string of the molecule is C=C[C@@H]1C[C@]1(NC(=O)[C@@H]1C[C@@H](Oc2nccc3c(OC(F)F)cccc23)CN1C(=O)[C@@H](NC(=O)OC(C)(C)C)C(C)(C)C)C(=O)NS(=O)(=O)C1CC1. The predicted molar refractivity (Wildman–Crippen MR) is 185 cm³/mol. The summed E-state index contributed by atoms with van der Waals surface area (Å²) in [4.78, 5) is 60.5. The van der Waals surface area contributed by atoms with Crippen molar-refractivity contribution in [2.75, 3.05) is 6.54 Å². The Morgan fingerprint density at radius 1 is 1.08 bits per heavy atom. The third kappa shape index (κ3) is 8.56. The van der Waals surface area contributed by atoms with Gasteiger partial charge in [0, 0.05) is 29.3 Å². The minimum absolute atomic E-state index is 0.0324. The van der Waals surface area contributed by atoms with Crippen LogP contribution in [0.2, 0.25) is 0 Å². The predicted octanol–water partition coefficient (Wildman–Crippen LogP) is 3.79. The Labute approximate surface area is 301 Å². The highest BCUT2D eigenvalue weighted by Crippen LogP contribution is 2.45. The number of fused-ring (bicyclic) bond motifs is 1. The molecule has 0 spiro atoms. The van der Waals surface area contributed by atoms with Crippen LogP contribution in [-0.2, 0) is 29.1 Å². The highest BCUT2D eigenvalue weighted by Gasteiger charge is 2.62. The van der Waals surface area contributed by atoms with Gasteiger partial charge in [0.1, 0.15) is 35.1 Å². The summed E-state index contributed by atoms with van der Waals surface area (Å²) in [5.41, 5.74) is -3.37. The Balaban J connectivity index is 1.46. The molecule has 2 heterocycles. The largest absolute Gasteiger partial charge is 0.472 e. The van der Waals surface area contributed by atoms with Gasteiger partial charge in [0.25, 0.3) is 5.91 Å². The maximum Gasteiger partial charge on any atom is 0.408 e.